The van der Waals surface area contributed by atoms with E-state index in [2.05, 4.69) is 26.3 Å². The number of hydrogen-bond donors (Lipinski definition) is 1. The maximum atomic E-state index is 8.92. The van der Waals surface area contributed by atoms with Crippen LogP contribution in [-0.4, -0.2) is 22.0 Å². The Morgan fingerprint density at radius 1 is 1.20 bits per heavy atom. The van der Waals surface area contributed by atoms with E-state index in [-0.39, 0.29) is 11.3 Å². The zero-order valence-electron chi connectivity index (χ0n) is 11.2. The molecule has 0 saturated carbocycles. The molecule has 0 radical (unpaired) electrons. The fourth-order valence-corrected chi connectivity index (χ4v) is 1.91. The molecule has 1 aromatic heterocycles. The van der Waals surface area contributed by atoms with E-state index in [0.717, 1.165) is 11.1 Å². The Hall–Kier alpha value is -2.39. The molecule has 0 atom stereocenters. The molecule has 0 aliphatic heterocycles. The van der Waals surface area contributed by atoms with Gasteiger partial charge in [0.25, 0.3) is 0 Å². The molecule has 0 spiro atoms. The third kappa shape index (κ3) is 2.95. The van der Waals surface area contributed by atoms with Crippen LogP contribution in [0.4, 0.5) is 5.95 Å². The van der Waals surface area contributed by atoms with Crippen molar-refractivity contribution in [2.75, 3.05) is 12.4 Å². The highest BCUT2D eigenvalue weighted by molar-refractivity contribution is 6.28. The Morgan fingerprint density at radius 3 is 2.40 bits per heavy atom. The molecule has 0 saturated heterocycles. The van der Waals surface area contributed by atoms with E-state index in [0.29, 0.717) is 17.3 Å². The number of aryl methyl sites for hydroxylation is 2. The number of aromatic nitrogens is 3. The summed E-state index contributed by atoms with van der Waals surface area (Å²) in [4.78, 5) is 11.9. The molecule has 6 nitrogen and oxygen atoms in total. The highest BCUT2D eigenvalue weighted by Gasteiger charge is 2.11. The summed E-state index contributed by atoms with van der Waals surface area (Å²) in [5, 5.41) is 11.7. The van der Waals surface area contributed by atoms with Crippen molar-refractivity contribution in [2.45, 2.75) is 13.8 Å². The molecular weight excluding hydrogens is 278 g/mol. The van der Waals surface area contributed by atoms with E-state index >= 15 is 0 Å². The van der Waals surface area contributed by atoms with Crippen LogP contribution in [0.15, 0.2) is 12.1 Å². The van der Waals surface area contributed by atoms with E-state index < -0.39 is 0 Å². The minimum absolute atomic E-state index is 0.0447. The van der Waals surface area contributed by atoms with Gasteiger partial charge in [0, 0.05) is 7.05 Å². The summed E-state index contributed by atoms with van der Waals surface area (Å²) in [5.74, 6) is 0.928. The molecule has 0 bridgehead atoms. The first-order chi connectivity index (χ1) is 9.53. The third-order valence-electron chi connectivity index (χ3n) is 2.59. The number of ether oxygens (including phenoxy) is 1. The lowest BCUT2D eigenvalue weighted by Gasteiger charge is -2.11. The average Bonchev–Trinajstić information content (AvgIpc) is 2.41. The molecule has 2 aromatic rings. The standard InChI is InChI=1S/C13H12ClN5O/c1-7-4-9(6-15)5-8(2)10(7)20-13-18-11(14)17-12(16-3)19-13/h4-5H,1-3H3,(H,16,17,18,19). The van der Waals surface area contributed by atoms with Crippen LogP contribution in [0.1, 0.15) is 16.7 Å². The molecule has 2 rings (SSSR count). The first-order valence-corrected chi connectivity index (χ1v) is 6.20. The summed E-state index contributed by atoms with van der Waals surface area (Å²) in [6, 6.07) is 5.68. The van der Waals surface area contributed by atoms with Gasteiger partial charge in [-0.3, -0.25) is 0 Å². The molecule has 102 valence electrons. The second-order valence-corrected chi connectivity index (χ2v) is 4.45. The number of nitriles is 1. The van der Waals surface area contributed by atoms with E-state index in [1.807, 2.05) is 13.8 Å². The molecular formula is C13H12ClN5O. The maximum Gasteiger partial charge on any atom is 0.328 e. The predicted molar refractivity (Wildman–Crippen MR) is 75.1 cm³/mol. The molecule has 1 heterocycles. The summed E-state index contributed by atoms with van der Waals surface area (Å²) in [6.07, 6.45) is 0. The molecule has 0 amide bonds. The van der Waals surface area contributed by atoms with E-state index in [4.69, 9.17) is 21.6 Å². The number of benzene rings is 1. The van der Waals surface area contributed by atoms with Gasteiger partial charge >= 0.3 is 6.01 Å². The monoisotopic (exact) mass is 289 g/mol. The van der Waals surface area contributed by atoms with Crippen LogP contribution >= 0.6 is 11.6 Å². The van der Waals surface area contributed by atoms with Crippen LogP contribution in [0, 0.1) is 25.2 Å². The SMILES string of the molecule is CNc1nc(Cl)nc(Oc2c(C)cc(C#N)cc2C)n1. The lowest BCUT2D eigenvalue weighted by Crippen LogP contribution is -2.02. The van der Waals surface area contributed by atoms with Crippen molar-refractivity contribution in [3.8, 4) is 17.8 Å². The second-order valence-electron chi connectivity index (χ2n) is 4.11. The molecule has 1 aromatic carbocycles. The second kappa shape index (κ2) is 5.72. The van der Waals surface area contributed by atoms with Crippen molar-refractivity contribution < 1.29 is 4.74 Å². The number of halogens is 1. The van der Waals surface area contributed by atoms with Gasteiger partial charge in [-0.05, 0) is 48.7 Å². The minimum atomic E-state index is 0.0447. The van der Waals surface area contributed by atoms with Crippen molar-refractivity contribution in [2.24, 2.45) is 0 Å². The summed E-state index contributed by atoms with van der Waals surface area (Å²) < 4.78 is 5.67. The number of anilines is 1. The van der Waals surface area contributed by atoms with Crippen LogP contribution in [-0.2, 0) is 0 Å². The quantitative estimate of drug-likeness (QED) is 0.935. The average molecular weight is 290 g/mol. The summed E-state index contributed by atoms with van der Waals surface area (Å²) >= 11 is 5.80. The zero-order chi connectivity index (χ0) is 14.7. The van der Waals surface area contributed by atoms with Gasteiger partial charge in [-0.15, -0.1) is 0 Å². The van der Waals surface area contributed by atoms with Gasteiger partial charge in [0.15, 0.2) is 0 Å². The van der Waals surface area contributed by atoms with Crippen LogP contribution in [0.2, 0.25) is 5.28 Å². The molecule has 0 fully saturated rings. The smallest absolute Gasteiger partial charge is 0.328 e. The molecule has 0 unspecified atom stereocenters. The summed E-state index contributed by atoms with van der Waals surface area (Å²) in [5.41, 5.74) is 2.23. The van der Waals surface area contributed by atoms with Gasteiger partial charge in [0.05, 0.1) is 11.6 Å². The third-order valence-corrected chi connectivity index (χ3v) is 2.76. The van der Waals surface area contributed by atoms with Crippen LogP contribution in [0.25, 0.3) is 0 Å². The molecule has 1 N–H and O–H groups in total. The summed E-state index contributed by atoms with van der Waals surface area (Å²) in [6.45, 7) is 3.70. The minimum Gasteiger partial charge on any atom is -0.424 e. The number of nitrogens with one attached hydrogen (secondary N) is 1. The molecule has 0 aliphatic rings. The summed E-state index contributed by atoms with van der Waals surface area (Å²) in [7, 11) is 1.67. The molecule has 0 aliphatic carbocycles. The number of rotatable bonds is 3. The molecule has 20 heavy (non-hydrogen) atoms. The van der Waals surface area contributed by atoms with E-state index in [9.17, 15) is 0 Å². The number of hydrogen-bond acceptors (Lipinski definition) is 6. The van der Waals surface area contributed by atoms with Crippen LogP contribution < -0.4 is 10.1 Å². The Morgan fingerprint density at radius 2 is 1.85 bits per heavy atom. The Bertz CT molecular complexity index is 673. The largest absolute Gasteiger partial charge is 0.424 e. The lowest BCUT2D eigenvalue weighted by atomic mass is 10.1. The van der Waals surface area contributed by atoms with Crippen LogP contribution in [0.3, 0.4) is 0 Å². The van der Waals surface area contributed by atoms with Gasteiger partial charge in [0.2, 0.25) is 11.2 Å². The maximum absolute atomic E-state index is 8.92. The van der Waals surface area contributed by atoms with Gasteiger partial charge in [-0.2, -0.15) is 20.2 Å². The predicted octanol–water partition coefficient (Wildman–Crippen LogP) is 2.85. The van der Waals surface area contributed by atoms with Crippen molar-refractivity contribution in [1.82, 2.24) is 15.0 Å². The fraction of sp³-hybridized carbons (Fsp3) is 0.231. The first kappa shape index (κ1) is 14.0. The van der Waals surface area contributed by atoms with Gasteiger partial charge in [-0.25, -0.2) is 0 Å². The van der Waals surface area contributed by atoms with E-state index in [1.54, 1.807) is 19.2 Å². The lowest BCUT2D eigenvalue weighted by molar-refractivity contribution is 0.434. The van der Waals surface area contributed by atoms with Gasteiger partial charge in [-0.1, -0.05) is 0 Å². The first-order valence-electron chi connectivity index (χ1n) is 5.82. The van der Waals surface area contributed by atoms with Crippen molar-refractivity contribution in [3.63, 3.8) is 0 Å². The van der Waals surface area contributed by atoms with Gasteiger partial charge < -0.3 is 10.1 Å². The Kier molecular flexibility index (Phi) is 4.01. The number of nitrogens with zero attached hydrogens (tertiary/aromatic N) is 4. The molecule has 7 heteroatoms. The van der Waals surface area contributed by atoms with E-state index in [1.165, 1.54) is 0 Å². The Labute approximate surface area is 121 Å². The van der Waals surface area contributed by atoms with Crippen molar-refractivity contribution >= 4 is 17.5 Å². The van der Waals surface area contributed by atoms with Gasteiger partial charge in [0.1, 0.15) is 5.75 Å². The topological polar surface area (TPSA) is 83.7 Å². The van der Waals surface area contributed by atoms with Crippen molar-refractivity contribution in [1.29, 1.82) is 5.26 Å². The Balaban J connectivity index is 2.40. The highest BCUT2D eigenvalue weighted by Crippen LogP contribution is 2.28. The zero-order valence-corrected chi connectivity index (χ0v) is 12.0. The normalized spacial score (nSPS) is 9.95. The van der Waals surface area contributed by atoms with Crippen LogP contribution in [0.5, 0.6) is 11.8 Å². The van der Waals surface area contributed by atoms with Crippen molar-refractivity contribution in [3.05, 3.63) is 34.1 Å². The highest BCUT2D eigenvalue weighted by atomic mass is 35.5. The fourth-order valence-electron chi connectivity index (χ4n) is 1.76.